The third-order valence-corrected chi connectivity index (χ3v) is 1.89. The molecule has 0 bridgehead atoms. The van der Waals surface area contributed by atoms with Crippen LogP contribution in [0.5, 0.6) is 0 Å². The summed E-state index contributed by atoms with van der Waals surface area (Å²) in [5.41, 5.74) is 0. The van der Waals surface area contributed by atoms with Gasteiger partial charge in [0, 0.05) is 0 Å². The van der Waals surface area contributed by atoms with E-state index in [9.17, 15) is 5.11 Å². The van der Waals surface area contributed by atoms with Gasteiger partial charge in [0.2, 0.25) is 0 Å². The van der Waals surface area contributed by atoms with Crippen LogP contribution < -0.4 is 0 Å². The number of hydrogen-bond donors (Lipinski definition) is 1. The van der Waals surface area contributed by atoms with Gasteiger partial charge in [-0.25, -0.2) is 0 Å². The van der Waals surface area contributed by atoms with Crippen LogP contribution in [-0.4, -0.2) is 5.11 Å². The second kappa shape index (κ2) is 3.56. The summed E-state index contributed by atoms with van der Waals surface area (Å²) in [6, 6.07) is 3.53. The summed E-state index contributed by atoms with van der Waals surface area (Å²) in [5, 5.41) is 17.5. The summed E-state index contributed by atoms with van der Waals surface area (Å²) in [5.74, 6) is 0.409. The van der Waals surface area contributed by atoms with Gasteiger partial charge in [-0.1, -0.05) is 0 Å². The smallest absolute Gasteiger partial charge is 0.147 e. The monoisotopic (exact) mass is 215 g/mol. The maximum atomic E-state index is 9.24. The van der Waals surface area contributed by atoms with Crippen molar-refractivity contribution in [1.82, 2.24) is 0 Å². The van der Waals surface area contributed by atoms with E-state index in [0.29, 0.717) is 10.2 Å². The first-order valence-corrected chi connectivity index (χ1v) is 3.83. The number of aliphatic hydroxyl groups excluding tert-OH is 1. The van der Waals surface area contributed by atoms with Crippen molar-refractivity contribution >= 4 is 15.9 Å². The lowest BCUT2D eigenvalue weighted by Crippen LogP contribution is -1.93. The van der Waals surface area contributed by atoms with Crippen LogP contribution in [-0.2, 0) is 0 Å². The summed E-state index contributed by atoms with van der Waals surface area (Å²) in [6.45, 7) is 0. The van der Waals surface area contributed by atoms with Crippen LogP contribution in [0, 0.1) is 11.3 Å². The van der Waals surface area contributed by atoms with E-state index in [0.717, 1.165) is 0 Å². The molecule has 1 heterocycles. The minimum Gasteiger partial charge on any atom is -0.465 e. The molecule has 0 fully saturated rings. The van der Waals surface area contributed by atoms with Crippen molar-refractivity contribution in [2.75, 3.05) is 0 Å². The van der Waals surface area contributed by atoms with Crippen LogP contribution in [0.25, 0.3) is 0 Å². The second-order valence-electron chi connectivity index (χ2n) is 2.01. The fourth-order valence-electron chi connectivity index (χ4n) is 0.722. The van der Waals surface area contributed by atoms with Gasteiger partial charge in [-0.15, -0.1) is 0 Å². The van der Waals surface area contributed by atoms with Gasteiger partial charge in [0.15, 0.2) is 0 Å². The highest BCUT2D eigenvalue weighted by Crippen LogP contribution is 2.25. The minimum absolute atomic E-state index is 0.0477. The molecule has 0 aliphatic carbocycles. The molecule has 0 aliphatic rings. The first kappa shape index (κ1) is 8.31. The summed E-state index contributed by atoms with van der Waals surface area (Å²) in [7, 11) is 0. The molecule has 0 saturated carbocycles. The Morgan fingerprint density at radius 2 is 2.55 bits per heavy atom. The van der Waals surface area contributed by atoms with Gasteiger partial charge in [-0.3, -0.25) is 0 Å². The molecular formula is C7H6BrNO2. The Bertz CT molecular complexity index is 276. The Morgan fingerprint density at radius 1 is 1.82 bits per heavy atom. The molecule has 0 radical (unpaired) electrons. The van der Waals surface area contributed by atoms with Gasteiger partial charge in [0.1, 0.15) is 11.9 Å². The van der Waals surface area contributed by atoms with E-state index in [-0.39, 0.29) is 6.42 Å². The lowest BCUT2D eigenvalue weighted by Gasteiger charge is -2.01. The zero-order chi connectivity index (χ0) is 8.27. The van der Waals surface area contributed by atoms with Gasteiger partial charge < -0.3 is 9.52 Å². The summed E-state index contributed by atoms with van der Waals surface area (Å²) in [4.78, 5) is 0. The Hall–Kier alpha value is -0.790. The molecule has 0 aromatic carbocycles. The topological polar surface area (TPSA) is 57.2 Å². The number of hydrogen-bond acceptors (Lipinski definition) is 3. The molecule has 1 unspecified atom stereocenters. The van der Waals surface area contributed by atoms with E-state index in [1.165, 1.54) is 6.26 Å². The molecule has 1 aromatic rings. The van der Waals surface area contributed by atoms with Crippen LogP contribution in [0.3, 0.4) is 0 Å². The van der Waals surface area contributed by atoms with E-state index >= 15 is 0 Å². The second-order valence-corrected chi connectivity index (χ2v) is 2.87. The first-order chi connectivity index (χ1) is 5.25. The Morgan fingerprint density at radius 3 is 3.00 bits per heavy atom. The van der Waals surface area contributed by atoms with Crippen LogP contribution in [0.2, 0.25) is 0 Å². The molecule has 11 heavy (non-hydrogen) atoms. The van der Waals surface area contributed by atoms with Crippen LogP contribution in [0.4, 0.5) is 0 Å². The average molecular weight is 216 g/mol. The van der Waals surface area contributed by atoms with Gasteiger partial charge in [-0.2, -0.15) is 5.26 Å². The molecule has 0 aliphatic heterocycles. The lowest BCUT2D eigenvalue weighted by atomic mass is 10.2. The Labute approximate surface area is 72.4 Å². The fraction of sp³-hybridized carbons (Fsp3) is 0.286. The molecule has 4 heteroatoms. The van der Waals surface area contributed by atoms with Crippen molar-refractivity contribution < 1.29 is 9.52 Å². The quantitative estimate of drug-likeness (QED) is 0.822. The molecule has 1 rings (SSSR count). The number of halogens is 1. The number of nitrogens with zero attached hydrogens (tertiary/aromatic N) is 1. The molecule has 1 aromatic heterocycles. The first-order valence-electron chi connectivity index (χ1n) is 3.03. The standard InChI is InChI=1S/C7H6BrNO2/c8-5-2-4-11-7(5)6(10)1-3-9/h2,4,6,10H,1H2. The zero-order valence-electron chi connectivity index (χ0n) is 5.62. The summed E-state index contributed by atoms with van der Waals surface area (Å²) in [6.07, 6.45) is 0.677. The zero-order valence-corrected chi connectivity index (χ0v) is 7.21. The summed E-state index contributed by atoms with van der Waals surface area (Å²) < 4.78 is 5.63. The van der Waals surface area contributed by atoms with Crippen molar-refractivity contribution in [3.63, 3.8) is 0 Å². The minimum atomic E-state index is -0.829. The fourth-order valence-corrected chi connectivity index (χ4v) is 1.19. The molecule has 58 valence electrons. The van der Waals surface area contributed by atoms with Crippen molar-refractivity contribution in [3.8, 4) is 6.07 Å². The highest BCUT2D eigenvalue weighted by atomic mass is 79.9. The van der Waals surface area contributed by atoms with Crippen molar-refractivity contribution in [2.45, 2.75) is 12.5 Å². The highest BCUT2D eigenvalue weighted by Gasteiger charge is 2.13. The van der Waals surface area contributed by atoms with E-state index in [1.807, 2.05) is 6.07 Å². The van der Waals surface area contributed by atoms with Crippen LogP contribution >= 0.6 is 15.9 Å². The molecule has 1 N–H and O–H groups in total. The van der Waals surface area contributed by atoms with Gasteiger partial charge in [0.05, 0.1) is 23.2 Å². The number of rotatable bonds is 2. The van der Waals surface area contributed by atoms with Gasteiger partial charge >= 0.3 is 0 Å². The van der Waals surface area contributed by atoms with E-state index in [1.54, 1.807) is 6.07 Å². The third kappa shape index (κ3) is 1.82. The number of furan rings is 1. The predicted octanol–water partition coefficient (Wildman–Crippen LogP) is 1.99. The Kier molecular flexibility index (Phi) is 2.69. The Balaban J connectivity index is 2.77. The van der Waals surface area contributed by atoms with Crippen molar-refractivity contribution in [1.29, 1.82) is 5.26 Å². The van der Waals surface area contributed by atoms with Gasteiger partial charge in [0.25, 0.3) is 0 Å². The maximum absolute atomic E-state index is 9.24. The van der Waals surface area contributed by atoms with Crippen molar-refractivity contribution in [2.24, 2.45) is 0 Å². The lowest BCUT2D eigenvalue weighted by molar-refractivity contribution is 0.154. The van der Waals surface area contributed by atoms with E-state index in [4.69, 9.17) is 9.68 Å². The molecule has 0 amide bonds. The van der Waals surface area contributed by atoms with Crippen LogP contribution in [0.15, 0.2) is 21.2 Å². The van der Waals surface area contributed by atoms with E-state index in [2.05, 4.69) is 15.9 Å². The number of nitriles is 1. The average Bonchev–Trinajstić information content (AvgIpc) is 2.36. The van der Waals surface area contributed by atoms with E-state index < -0.39 is 6.10 Å². The molecular weight excluding hydrogens is 210 g/mol. The normalized spacial score (nSPS) is 12.5. The van der Waals surface area contributed by atoms with Crippen molar-refractivity contribution in [3.05, 3.63) is 22.6 Å². The van der Waals surface area contributed by atoms with Crippen LogP contribution in [0.1, 0.15) is 18.3 Å². The molecule has 1 atom stereocenters. The number of aliphatic hydroxyl groups is 1. The molecule has 0 saturated heterocycles. The predicted molar refractivity (Wildman–Crippen MR) is 41.6 cm³/mol. The maximum Gasteiger partial charge on any atom is 0.147 e. The molecule has 0 spiro atoms. The highest BCUT2D eigenvalue weighted by molar-refractivity contribution is 9.10. The molecule has 3 nitrogen and oxygen atoms in total. The van der Waals surface area contributed by atoms with Gasteiger partial charge in [-0.05, 0) is 22.0 Å². The SMILES string of the molecule is N#CCC(O)c1occc1Br. The third-order valence-electron chi connectivity index (χ3n) is 1.23. The largest absolute Gasteiger partial charge is 0.465 e. The summed E-state index contributed by atoms with van der Waals surface area (Å²) >= 11 is 3.17.